The van der Waals surface area contributed by atoms with Crippen molar-refractivity contribution in [3.8, 4) is 0 Å². The fourth-order valence-electron chi connectivity index (χ4n) is 7.65. The zero-order valence-corrected chi connectivity index (χ0v) is 40.5. The Kier molecular flexibility index (Phi) is 49.9. The molecule has 0 aromatic heterocycles. The first-order valence-electron chi connectivity index (χ1n) is 26.5. The molecular weight excluding hydrogens is 741 g/mol. The Bertz CT molecular complexity index is 955. The summed E-state index contributed by atoms with van der Waals surface area (Å²) in [5, 5.41) is 0. The number of carbonyl (C=O) groups is 2. The van der Waals surface area contributed by atoms with Crippen molar-refractivity contribution >= 4 is 11.9 Å². The molecule has 0 aromatic rings. The van der Waals surface area contributed by atoms with Crippen molar-refractivity contribution in [2.24, 2.45) is 0 Å². The standard InChI is InChI=1S/C55H102O5/c1-4-7-10-13-16-19-22-24-26-27-28-29-31-32-34-36-39-42-45-48-54(56)59-52-53(51-58-50-47-44-41-38-21-18-15-12-9-6-3)60-55(57)49-46-43-40-37-35-33-30-25-23-20-17-14-11-8-5-2/h16,19,24-26,30,53H,4-15,17-18,20-23,27-29,31-52H2,1-3H3/b19-16-,26-24-,30-25-. The van der Waals surface area contributed by atoms with E-state index in [9.17, 15) is 9.59 Å². The van der Waals surface area contributed by atoms with E-state index in [1.807, 2.05) is 0 Å². The molecule has 0 aliphatic rings. The Morgan fingerprint density at radius 2 is 0.700 bits per heavy atom. The summed E-state index contributed by atoms with van der Waals surface area (Å²) in [7, 11) is 0. The van der Waals surface area contributed by atoms with Crippen molar-refractivity contribution in [3.05, 3.63) is 36.5 Å². The molecule has 0 N–H and O–H groups in total. The monoisotopic (exact) mass is 843 g/mol. The van der Waals surface area contributed by atoms with Gasteiger partial charge in [-0.15, -0.1) is 0 Å². The molecule has 0 fully saturated rings. The minimum Gasteiger partial charge on any atom is -0.462 e. The van der Waals surface area contributed by atoms with Crippen molar-refractivity contribution in [3.63, 3.8) is 0 Å². The van der Waals surface area contributed by atoms with Gasteiger partial charge in [0.2, 0.25) is 0 Å². The second kappa shape index (κ2) is 51.5. The van der Waals surface area contributed by atoms with Gasteiger partial charge in [0.15, 0.2) is 6.10 Å². The lowest BCUT2D eigenvalue weighted by molar-refractivity contribution is -0.163. The fraction of sp³-hybridized carbons (Fsp3) is 0.855. The van der Waals surface area contributed by atoms with E-state index >= 15 is 0 Å². The fourth-order valence-corrected chi connectivity index (χ4v) is 7.65. The summed E-state index contributed by atoms with van der Waals surface area (Å²) in [5.74, 6) is -0.399. The Hall–Kier alpha value is -1.88. The predicted molar refractivity (Wildman–Crippen MR) is 261 cm³/mol. The molecule has 5 heteroatoms. The number of esters is 2. The van der Waals surface area contributed by atoms with Crippen LogP contribution in [-0.2, 0) is 23.8 Å². The number of hydrogen-bond donors (Lipinski definition) is 0. The summed E-state index contributed by atoms with van der Waals surface area (Å²) >= 11 is 0. The van der Waals surface area contributed by atoms with Crippen LogP contribution in [0.3, 0.4) is 0 Å². The number of ether oxygens (including phenoxy) is 3. The van der Waals surface area contributed by atoms with Gasteiger partial charge in [0.05, 0.1) is 6.61 Å². The lowest BCUT2D eigenvalue weighted by Gasteiger charge is -2.18. The Balaban J connectivity index is 4.19. The number of carbonyl (C=O) groups excluding carboxylic acids is 2. The molecule has 0 aliphatic heterocycles. The van der Waals surface area contributed by atoms with E-state index in [2.05, 4.69) is 57.2 Å². The third kappa shape index (κ3) is 48.8. The van der Waals surface area contributed by atoms with Crippen LogP contribution in [0.5, 0.6) is 0 Å². The van der Waals surface area contributed by atoms with Gasteiger partial charge in [-0.3, -0.25) is 9.59 Å². The molecule has 1 unspecified atom stereocenters. The summed E-state index contributed by atoms with van der Waals surface area (Å²) in [6.07, 6.45) is 61.5. The Labute approximate surface area is 374 Å². The van der Waals surface area contributed by atoms with Crippen LogP contribution in [0.1, 0.15) is 278 Å². The highest BCUT2D eigenvalue weighted by Crippen LogP contribution is 2.15. The van der Waals surface area contributed by atoms with Crippen molar-refractivity contribution in [1.82, 2.24) is 0 Å². The van der Waals surface area contributed by atoms with Gasteiger partial charge in [0, 0.05) is 19.4 Å². The molecule has 5 nitrogen and oxygen atoms in total. The Morgan fingerprint density at radius 1 is 0.367 bits per heavy atom. The largest absolute Gasteiger partial charge is 0.462 e. The third-order valence-electron chi connectivity index (χ3n) is 11.6. The van der Waals surface area contributed by atoms with Crippen LogP contribution in [-0.4, -0.2) is 37.9 Å². The quantitative estimate of drug-likeness (QED) is 0.0347. The molecule has 0 aromatic carbocycles. The van der Waals surface area contributed by atoms with Gasteiger partial charge in [-0.1, -0.05) is 224 Å². The average Bonchev–Trinajstić information content (AvgIpc) is 3.25. The van der Waals surface area contributed by atoms with Gasteiger partial charge >= 0.3 is 11.9 Å². The SMILES string of the molecule is CCCCC/C=C\C/C=C\CCCCCCCCCCCC(=O)OCC(COCCCCCCCCCCCC)OC(=O)CCCCCCC/C=C\CCCCCCCC. The topological polar surface area (TPSA) is 61.8 Å². The van der Waals surface area contributed by atoms with E-state index < -0.39 is 6.10 Å². The second-order valence-corrected chi connectivity index (χ2v) is 17.8. The highest BCUT2D eigenvalue weighted by Gasteiger charge is 2.17. The van der Waals surface area contributed by atoms with Crippen LogP contribution in [0.4, 0.5) is 0 Å². The first-order chi connectivity index (χ1) is 29.6. The van der Waals surface area contributed by atoms with Gasteiger partial charge in [0.1, 0.15) is 6.61 Å². The van der Waals surface area contributed by atoms with E-state index in [4.69, 9.17) is 14.2 Å². The first-order valence-corrected chi connectivity index (χ1v) is 26.5. The van der Waals surface area contributed by atoms with E-state index in [-0.39, 0.29) is 25.2 Å². The molecule has 0 saturated heterocycles. The maximum absolute atomic E-state index is 12.8. The zero-order valence-electron chi connectivity index (χ0n) is 40.5. The number of rotatable bonds is 49. The highest BCUT2D eigenvalue weighted by atomic mass is 16.6. The van der Waals surface area contributed by atoms with Gasteiger partial charge in [-0.2, -0.15) is 0 Å². The molecule has 0 bridgehead atoms. The van der Waals surface area contributed by atoms with Gasteiger partial charge < -0.3 is 14.2 Å². The molecule has 0 heterocycles. The average molecular weight is 843 g/mol. The number of unbranched alkanes of at least 4 members (excludes halogenated alkanes) is 32. The van der Waals surface area contributed by atoms with E-state index in [1.54, 1.807) is 0 Å². The molecule has 0 spiro atoms. The van der Waals surface area contributed by atoms with Crippen LogP contribution < -0.4 is 0 Å². The minimum atomic E-state index is -0.536. The third-order valence-corrected chi connectivity index (χ3v) is 11.6. The number of hydrogen-bond acceptors (Lipinski definition) is 5. The van der Waals surface area contributed by atoms with Crippen molar-refractivity contribution in [2.45, 2.75) is 284 Å². The summed E-state index contributed by atoms with van der Waals surface area (Å²) < 4.78 is 17.4. The second-order valence-electron chi connectivity index (χ2n) is 17.8. The molecule has 352 valence electrons. The summed E-state index contributed by atoms with van der Waals surface area (Å²) in [4.78, 5) is 25.4. The van der Waals surface area contributed by atoms with Gasteiger partial charge in [-0.25, -0.2) is 0 Å². The van der Waals surface area contributed by atoms with Crippen molar-refractivity contribution < 1.29 is 23.8 Å². The van der Waals surface area contributed by atoms with Crippen LogP contribution in [0.2, 0.25) is 0 Å². The predicted octanol–water partition coefficient (Wildman–Crippen LogP) is 17.8. The molecule has 0 saturated carbocycles. The normalized spacial score (nSPS) is 12.4. The molecule has 1 atom stereocenters. The molecular formula is C55H102O5. The summed E-state index contributed by atoms with van der Waals surface area (Å²) in [6, 6.07) is 0. The van der Waals surface area contributed by atoms with Gasteiger partial charge in [-0.05, 0) is 77.0 Å². The van der Waals surface area contributed by atoms with Gasteiger partial charge in [0.25, 0.3) is 0 Å². The Morgan fingerprint density at radius 3 is 1.15 bits per heavy atom. The summed E-state index contributed by atoms with van der Waals surface area (Å²) in [6.45, 7) is 7.82. The smallest absolute Gasteiger partial charge is 0.306 e. The van der Waals surface area contributed by atoms with Crippen LogP contribution in [0, 0.1) is 0 Å². The summed E-state index contributed by atoms with van der Waals surface area (Å²) in [5.41, 5.74) is 0. The highest BCUT2D eigenvalue weighted by molar-refractivity contribution is 5.70. The van der Waals surface area contributed by atoms with E-state index in [0.717, 1.165) is 51.4 Å². The molecule has 0 aliphatic carbocycles. The minimum absolute atomic E-state index is 0.0843. The van der Waals surface area contributed by atoms with E-state index in [1.165, 1.54) is 193 Å². The maximum atomic E-state index is 12.8. The maximum Gasteiger partial charge on any atom is 0.306 e. The van der Waals surface area contributed by atoms with E-state index in [0.29, 0.717) is 19.4 Å². The molecule has 60 heavy (non-hydrogen) atoms. The molecule has 0 radical (unpaired) electrons. The van der Waals surface area contributed by atoms with Crippen LogP contribution >= 0.6 is 0 Å². The lowest BCUT2D eigenvalue weighted by Crippen LogP contribution is -2.30. The number of allylic oxidation sites excluding steroid dienone is 6. The molecule has 0 rings (SSSR count). The first kappa shape index (κ1) is 58.1. The molecule has 0 amide bonds. The van der Waals surface area contributed by atoms with Crippen LogP contribution in [0.15, 0.2) is 36.5 Å². The van der Waals surface area contributed by atoms with Crippen LogP contribution in [0.25, 0.3) is 0 Å². The lowest BCUT2D eigenvalue weighted by atomic mass is 10.1. The zero-order chi connectivity index (χ0) is 43.5. The van der Waals surface area contributed by atoms with Crippen molar-refractivity contribution in [1.29, 1.82) is 0 Å². The van der Waals surface area contributed by atoms with Crippen molar-refractivity contribution in [2.75, 3.05) is 19.8 Å².